The molecule has 1 amide bonds. The lowest BCUT2D eigenvalue weighted by molar-refractivity contribution is -0.140. The number of nitrogens with zero attached hydrogens (tertiary/aromatic N) is 1. The highest BCUT2D eigenvalue weighted by atomic mass is 16.5. The normalized spacial score (nSPS) is 18.4. The summed E-state index contributed by atoms with van der Waals surface area (Å²) in [6, 6.07) is 11.4. The zero-order chi connectivity index (χ0) is 23.6. The van der Waals surface area contributed by atoms with Crippen molar-refractivity contribution < 1.29 is 24.5 Å². The first-order valence-electron chi connectivity index (χ1n) is 10.7. The molecule has 170 valence electrons. The average Bonchev–Trinajstić information content (AvgIpc) is 2.98. The summed E-state index contributed by atoms with van der Waals surface area (Å²) in [4.78, 5) is 27.5. The van der Waals surface area contributed by atoms with Crippen LogP contribution >= 0.6 is 0 Å². The minimum Gasteiger partial charge on any atom is -0.508 e. The lowest BCUT2D eigenvalue weighted by Gasteiger charge is -2.26. The smallest absolute Gasteiger partial charge is 0.295 e. The van der Waals surface area contributed by atoms with E-state index in [1.165, 1.54) is 17.0 Å². The molecule has 1 aliphatic heterocycles. The third-order valence-corrected chi connectivity index (χ3v) is 5.83. The lowest BCUT2D eigenvalue weighted by atomic mass is 9.84. The summed E-state index contributed by atoms with van der Waals surface area (Å²) in [6.45, 7) is 8.80. The van der Waals surface area contributed by atoms with Crippen molar-refractivity contribution in [1.29, 1.82) is 0 Å². The highest BCUT2D eigenvalue weighted by molar-refractivity contribution is 6.46. The van der Waals surface area contributed by atoms with E-state index in [9.17, 15) is 19.8 Å². The van der Waals surface area contributed by atoms with Crippen molar-refractivity contribution in [3.8, 4) is 5.75 Å². The number of methoxy groups -OCH3 is 1. The summed E-state index contributed by atoms with van der Waals surface area (Å²) in [5.74, 6) is -1.57. The monoisotopic (exact) mass is 437 g/mol. The molecule has 2 N–H and O–H groups in total. The van der Waals surface area contributed by atoms with Crippen LogP contribution in [0.5, 0.6) is 5.75 Å². The molecule has 0 saturated carbocycles. The van der Waals surface area contributed by atoms with Crippen molar-refractivity contribution in [2.45, 2.75) is 45.6 Å². The number of hydrogen-bond donors (Lipinski definition) is 2. The van der Waals surface area contributed by atoms with Crippen LogP contribution in [0.3, 0.4) is 0 Å². The van der Waals surface area contributed by atoms with E-state index in [0.717, 1.165) is 11.1 Å². The van der Waals surface area contributed by atoms with Gasteiger partial charge in [0.25, 0.3) is 11.7 Å². The number of phenols is 1. The summed E-state index contributed by atoms with van der Waals surface area (Å²) in [5.41, 5.74) is 2.78. The summed E-state index contributed by atoms with van der Waals surface area (Å²) in [7, 11) is 1.58. The van der Waals surface area contributed by atoms with E-state index >= 15 is 0 Å². The highest BCUT2D eigenvalue weighted by Gasteiger charge is 2.46. The molecule has 32 heavy (non-hydrogen) atoms. The standard InChI is InChI=1S/C26H31NO5/c1-16-10-11-18(26(2,3)4)15-20(16)23(29)21-22(17-8-6-9-19(28)14-17)27(12-7-13-32-5)25(31)24(21)30/h6,8-11,14-15,22,28-29H,7,12-13H2,1-5H3/b23-21+. The van der Waals surface area contributed by atoms with Crippen LogP contribution in [0.4, 0.5) is 0 Å². The number of carbonyl (C=O) groups is 2. The van der Waals surface area contributed by atoms with Crippen LogP contribution in [0.25, 0.3) is 5.76 Å². The zero-order valence-electron chi connectivity index (χ0n) is 19.3. The number of hydrogen-bond acceptors (Lipinski definition) is 5. The molecule has 6 nitrogen and oxygen atoms in total. The van der Waals surface area contributed by atoms with Crippen molar-refractivity contribution in [2.24, 2.45) is 0 Å². The summed E-state index contributed by atoms with van der Waals surface area (Å²) in [5, 5.41) is 21.4. The number of ketones is 1. The number of aliphatic hydroxyl groups is 1. The van der Waals surface area contributed by atoms with Crippen LogP contribution in [-0.4, -0.2) is 47.1 Å². The third kappa shape index (κ3) is 4.55. The van der Waals surface area contributed by atoms with E-state index in [1.54, 1.807) is 19.2 Å². The summed E-state index contributed by atoms with van der Waals surface area (Å²) in [6.07, 6.45) is 0.539. The molecule has 3 rings (SSSR count). The molecule has 0 radical (unpaired) electrons. The van der Waals surface area contributed by atoms with Crippen LogP contribution < -0.4 is 0 Å². The van der Waals surface area contributed by atoms with Gasteiger partial charge in [-0.15, -0.1) is 0 Å². The second kappa shape index (κ2) is 9.17. The Hall–Kier alpha value is -3.12. The Labute approximate surface area is 189 Å². The number of aliphatic hydroxyl groups excluding tert-OH is 1. The fraction of sp³-hybridized carbons (Fsp3) is 0.385. The topological polar surface area (TPSA) is 87.1 Å². The Bertz CT molecular complexity index is 1060. The van der Waals surface area contributed by atoms with Crippen molar-refractivity contribution in [1.82, 2.24) is 4.90 Å². The van der Waals surface area contributed by atoms with Crippen molar-refractivity contribution in [3.05, 3.63) is 70.3 Å². The maximum Gasteiger partial charge on any atom is 0.295 e. The largest absolute Gasteiger partial charge is 0.508 e. The van der Waals surface area contributed by atoms with Crippen LogP contribution in [0.1, 0.15) is 55.5 Å². The Kier molecular flexibility index (Phi) is 6.74. The van der Waals surface area contributed by atoms with Gasteiger partial charge in [0.05, 0.1) is 11.6 Å². The van der Waals surface area contributed by atoms with Crippen LogP contribution in [0.15, 0.2) is 48.0 Å². The fourth-order valence-corrected chi connectivity index (χ4v) is 4.02. The molecule has 1 heterocycles. The molecule has 1 saturated heterocycles. The highest BCUT2D eigenvalue weighted by Crippen LogP contribution is 2.41. The molecule has 0 bridgehead atoms. The lowest BCUT2D eigenvalue weighted by Crippen LogP contribution is -2.31. The van der Waals surface area contributed by atoms with Gasteiger partial charge in [0, 0.05) is 25.8 Å². The van der Waals surface area contributed by atoms with Crippen LogP contribution in [0, 0.1) is 6.92 Å². The number of aromatic hydroxyl groups is 1. The molecule has 0 aliphatic carbocycles. The average molecular weight is 438 g/mol. The minimum atomic E-state index is -0.795. The number of amides is 1. The zero-order valence-corrected chi connectivity index (χ0v) is 19.3. The second-order valence-electron chi connectivity index (χ2n) is 9.21. The molecule has 6 heteroatoms. The molecule has 1 fully saturated rings. The number of rotatable bonds is 6. The van der Waals surface area contributed by atoms with Crippen LogP contribution in [0.2, 0.25) is 0 Å². The Morgan fingerprint density at radius 1 is 1.12 bits per heavy atom. The Morgan fingerprint density at radius 2 is 1.84 bits per heavy atom. The quantitative estimate of drug-likeness (QED) is 0.302. The first-order chi connectivity index (χ1) is 15.1. The van der Waals surface area contributed by atoms with Gasteiger partial charge in [0.1, 0.15) is 11.5 Å². The first-order valence-corrected chi connectivity index (χ1v) is 10.7. The molecule has 0 spiro atoms. The molecule has 1 aliphatic rings. The van der Waals surface area contributed by atoms with Gasteiger partial charge in [-0.05, 0) is 53.6 Å². The summed E-state index contributed by atoms with van der Waals surface area (Å²) < 4.78 is 5.10. The van der Waals surface area contributed by atoms with Gasteiger partial charge >= 0.3 is 0 Å². The minimum absolute atomic E-state index is 0.0240. The predicted octanol–water partition coefficient (Wildman–Crippen LogP) is 4.46. The number of likely N-dealkylation sites (tertiary alicyclic amines) is 1. The van der Waals surface area contributed by atoms with E-state index in [2.05, 4.69) is 20.8 Å². The third-order valence-electron chi connectivity index (χ3n) is 5.83. The first kappa shape index (κ1) is 23.5. The molecule has 2 aromatic carbocycles. The van der Waals surface area contributed by atoms with Gasteiger partial charge < -0.3 is 19.8 Å². The number of Topliss-reactive ketones (excluding diaryl/α,β-unsaturated/α-hetero) is 1. The van der Waals surface area contributed by atoms with Crippen molar-refractivity contribution in [3.63, 3.8) is 0 Å². The van der Waals surface area contributed by atoms with Gasteiger partial charge in [-0.1, -0.05) is 45.0 Å². The molecule has 1 atom stereocenters. The van der Waals surface area contributed by atoms with Crippen molar-refractivity contribution >= 4 is 17.4 Å². The summed E-state index contributed by atoms with van der Waals surface area (Å²) >= 11 is 0. The van der Waals surface area contributed by atoms with Gasteiger partial charge in [-0.25, -0.2) is 0 Å². The van der Waals surface area contributed by atoms with Gasteiger partial charge in [0.15, 0.2) is 0 Å². The number of benzene rings is 2. The molecular formula is C26H31NO5. The number of aryl methyl sites for hydroxylation is 1. The fourth-order valence-electron chi connectivity index (χ4n) is 4.02. The van der Waals surface area contributed by atoms with E-state index in [1.807, 2.05) is 25.1 Å². The Balaban J connectivity index is 2.20. The van der Waals surface area contributed by atoms with Crippen LogP contribution in [-0.2, 0) is 19.7 Å². The van der Waals surface area contributed by atoms with Gasteiger partial charge in [0.2, 0.25) is 0 Å². The second-order valence-corrected chi connectivity index (χ2v) is 9.21. The number of carbonyl (C=O) groups excluding carboxylic acids is 2. The maximum absolute atomic E-state index is 13.1. The molecule has 2 aromatic rings. The van der Waals surface area contributed by atoms with E-state index in [-0.39, 0.29) is 29.0 Å². The van der Waals surface area contributed by atoms with E-state index in [4.69, 9.17) is 4.74 Å². The number of phenolic OH excluding ortho intramolecular Hbond substituents is 1. The van der Waals surface area contributed by atoms with E-state index < -0.39 is 17.7 Å². The maximum atomic E-state index is 13.1. The number of ether oxygens (including phenoxy) is 1. The van der Waals surface area contributed by atoms with Crippen molar-refractivity contribution in [2.75, 3.05) is 20.3 Å². The van der Waals surface area contributed by atoms with E-state index in [0.29, 0.717) is 24.2 Å². The Morgan fingerprint density at radius 3 is 2.47 bits per heavy atom. The van der Waals surface area contributed by atoms with Gasteiger partial charge in [-0.3, -0.25) is 9.59 Å². The molecule has 0 aromatic heterocycles. The molecular weight excluding hydrogens is 406 g/mol. The molecule has 1 unspecified atom stereocenters. The SMILES string of the molecule is COCCCN1C(=O)C(=O)/C(=C(/O)c2cc(C(C)(C)C)ccc2C)C1c1cccc(O)c1. The van der Waals surface area contributed by atoms with Gasteiger partial charge in [-0.2, -0.15) is 0 Å². The predicted molar refractivity (Wildman–Crippen MR) is 123 cm³/mol.